The van der Waals surface area contributed by atoms with Crippen LogP contribution in [0.1, 0.15) is 29.7 Å². The van der Waals surface area contributed by atoms with Crippen molar-refractivity contribution in [1.82, 2.24) is 0 Å². The molecule has 0 saturated carbocycles. The Morgan fingerprint density at radius 1 is 1.39 bits per heavy atom. The van der Waals surface area contributed by atoms with Crippen molar-refractivity contribution in [2.75, 3.05) is 5.32 Å². The van der Waals surface area contributed by atoms with Crippen molar-refractivity contribution in [1.29, 1.82) is 0 Å². The highest BCUT2D eigenvalue weighted by Gasteiger charge is 2.10. The predicted molar refractivity (Wildman–Crippen MR) is 83.4 cm³/mol. The Balaban J connectivity index is 2.26. The van der Waals surface area contributed by atoms with Gasteiger partial charge in [-0.15, -0.1) is 0 Å². The van der Waals surface area contributed by atoms with Gasteiger partial charge in [-0.25, -0.2) is 0 Å². The summed E-state index contributed by atoms with van der Waals surface area (Å²) in [7, 11) is 0. The summed E-state index contributed by atoms with van der Waals surface area (Å²) in [5.41, 5.74) is 10.1. The maximum atomic E-state index is 5.77. The van der Waals surface area contributed by atoms with E-state index < -0.39 is 0 Å². The Morgan fingerprint density at radius 2 is 2.17 bits per heavy atom. The maximum absolute atomic E-state index is 5.77. The van der Waals surface area contributed by atoms with Crippen LogP contribution in [0.2, 0.25) is 0 Å². The topological polar surface area (TPSA) is 38.0 Å². The molecule has 0 spiro atoms. The van der Waals surface area contributed by atoms with Crippen LogP contribution in [0.4, 0.5) is 5.69 Å². The van der Waals surface area contributed by atoms with Gasteiger partial charge in [0, 0.05) is 17.3 Å². The third-order valence-electron chi connectivity index (χ3n) is 2.86. The molecule has 94 valence electrons. The highest BCUT2D eigenvalue weighted by atomic mass is 32.1. The number of thiophene rings is 1. The maximum Gasteiger partial charge on any atom is 0.106 e. The first-order chi connectivity index (χ1) is 8.58. The lowest BCUT2D eigenvalue weighted by molar-refractivity contribution is 0.890. The van der Waals surface area contributed by atoms with E-state index in [9.17, 15) is 0 Å². The number of aryl methyl sites for hydroxylation is 1. The molecule has 1 unspecified atom stereocenters. The lowest BCUT2D eigenvalue weighted by Gasteiger charge is -2.17. The van der Waals surface area contributed by atoms with E-state index in [1.807, 2.05) is 19.1 Å². The van der Waals surface area contributed by atoms with E-state index in [4.69, 9.17) is 18.0 Å². The predicted octanol–water partition coefficient (Wildman–Crippen LogP) is 3.86. The standard InChI is InChI=1S/C14H16N2S2/c1-9-3-4-13(12(7-9)14(15)17)16-10(2)11-5-6-18-8-11/h3-8,10,16H,1-2H3,(H2,15,17). The number of benzene rings is 1. The van der Waals surface area contributed by atoms with Crippen molar-refractivity contribution in [2.24, 2.45) is 5.73 Å². The van der Waals surface area contributed by atoms with Crippen molar-refractivity contribution < 1.29 is 0 Å². The molecule has 2 aromatic rings. The van der Waals surface area contributed by atoms with Gasteiger partial charge in [0.05, 0.1) is 0 Å². The Morgan fingerprint density at radius 3 is 2.78 bits per heavy atom. The average molecular weight is 276 g/mol. The second kappa shape index (κ2) is 5.50. The molecule has 1 aromatic carbocycles. The summed E-state index contributed by atoms with van der Waals surface area (Å²) in [5, 5.41) is 7.69. The third-order valence-corrected chi connectivity index (χ3v) is 3.78. The second-order valence-corrected chi connectivity index (χ2v) is 5.56. The lowest BCUT2D eigenvalue weighted by Crippen LogP contribution is -2.15. The summed E-state index contributed by atoms with van der Waals surface area (Å²) in [6, 6.07) is 8.48. The van der Waals surface area contributed by atoms with E-state index in [2.05, 4.69) is 35.1 Å². The van der Waals surface area contributed by atoms with Gasteiger partial charge in [-0.2, -0.15) is 11.3 Å². The molecule has 0 aliphatic rings. The number of thiocarbonyl (C=S) groups is 1. The van der Waals surface area contributed by atoms with Gasteiger partial charge in [0.1, 0.15) is 4.99 Å². The van der Waals surface area contributed by atoms with Crippen molar-refractivity contribution in [3.63, 3.8) is 0 Å². The largest absolute Gasteiger partial charge is 0.389 e. The molecule has 0 radical (unpaired) electrons. The fraction of sp³-hybridized carbons (Fsp3) is 0.214. The number of hydrogen-bond acceptors (Lipinski definition) is 3. The van der Waals surface area contributed by atoms with E-state index in [0.717, 1.165) is 16.8 Å². The zero-order valence-corrected chi connectivity index (χ0v) is 12.1. The SMILES string of the molecule is Cc1ccc(NC(C)c2ccsc2)c(C(N)=S)c1. The van der Waals surface area contributed by atoms with Crippen LogP contribution in [0.15, 0.2) is 35.0 Å². The zero-order valence-electron chi connectivity index (χ0n) is 10.4. The molecule has 0 aliphatic carbocycles. The van der Waals surface area contributed by atoms with Gasteiger partial charge in [-0.3, -0.25) is 0 Å². The normalized spacial score (nSPS) is 12.1. The molecule has 2 rings (SSSR count). The average Bonchev–Trinajstić information content (AvgIpc) is 2.84. The number of anilines is 1. The lowest BCUT2D eigenvalue weighted by atomic mass is 10.1. The molecular weight excluding hydrogens is 260 g/mol. The van der Waals surface area contributed by atoms with Crippen molar-refractivity contribution in [2.45, 2.75) is 19.9 Å². The first-order valence-electron chi connectivity index (χ1n) is 5.77. The van der Waals surface area contributed by atoms with E-state index in [0.29, 0.717) is 4.99 Å². The van der Waals surface area contributed by atoms with Crippen LogP contribution in [0.5, 0.6) is 0 Å². The van der Waals surface area contributed by atoms with Gasteiger partial charge < -0.3 is 11.1 Å². The van der Waals surface area contributed by atoms with Crippen LogP contribution in [-0.4, -0.2) is 4.99 Å². The summed E-state index contributed by atoms with van der Waals surface area (Å²) in [6.45, 7) is 4.17. The number of nitrogens with two attached hydrogens (primary N) is 1. The highest BCUT2D eigenvalue weighted by molar-refractivity contribution is 7.80. The van der Waals surface area contributed by atoms with Crippen LogP contribution < -0.4 is 11.1 Å². The molecule has 2 nitrogen and oxygen atoms in total. The summed E-state index contributed by atoms with van der Waals surface area (Å²) in [4.78, 5) is 0.429. The van der Waals surface area contributed by atoms with Gasteiger partial charge in [-0.1, -0.05) is 23.8 Å². The van der Waals surface area contributed by atoms with Crippen molar-refractivity contribution >= 4 is 34.2 Å². The van der Waals surface area contributed by atoms with Gasteiger partial charge >= 0.3 is 0 Å². The fourth-order valence-electron chi connectivity index (χ4n) is 1.83. The molecule has 0 amide bonds. The number of hydrogen-bond donors (Lipinski definition) is 2. The minimum Gasteiger partial charge on any atom is -0.389 e. The molecule has 0 aliphatic heterocycles. The monoisotopic (exact) mass is 276 g/mol. The van der Waals surface area contributed by atoms with Crippen molar-refractivity contribution in [3.8, 4) is 0 Å². The Bertz CT molecular complexity index is 547. The fourth-order valence-corrected chi connectivity index (χ4v) is 2.75. The molecule has 0 bridgehead atoms. The smallest absolute Gasteiger partial charge is 0.106 e. The molecule has 0 saturated heterocycles. The van der Waals surface area contributed by atoms with Gasteiger partial charge in [0.2, 0.25) is 0 Å². The van der Waals surface area contributed by atoms with Crippen LogP contribution in [0.25, 0.3) is 0 Å². The van der Waals surface area contributed by atoms with Gasteiger partial charge in [0.15, 0.2) is 0 Å². The van der Waals surface area contributed by atoms with Crippen LogP contribution in [-0.2, 0) is 0 Å². The van der Waals surface area contributed by atoms with Crippen LogP contribution >= 0.6 is 23.6 Å². The summed E-state index contributed by atoms with van der Waals surface area (Å²) in [6.07, 6.45) is 0. The number of rotatable bonds is 4. The molecule has 18 heavy (non-hydrogen) atoms. The van der Waals surface area contributed by atoms with E-state index in [-0.39, 0.29) is 6.04 Å². The van der Waals surface area contributed by atoms with E-state index in [1.54, 1.807) is 11.3 Å². The highest BCUT2D eigenvalue weighted by Crippen LogP contribution is 2.24. The van der Waals surface area contributed by atoms with E-state index in [1.165, 1.54) is 5.56 Å². The summed E-state index contributed by atoms with van der Waals surface area (Å²) < 4.78 is 0. The molecule has 3 N–H and O–H groups in total. The summed E-state index contributed by atoms with van der Waals surface area (Å²) >= 11 is 6.80. The second-order valence-electron chi connectivity index (χ2n) is 4.34. The van der Waals surface area contributed by atoms with Gasteiger partial charge in [0.25, 0.3) is 0 Å². The minimum atomic E-state index is 0.243. The molecule has 1 atom stereocenters. The first kappa shape index (κ1) is 13.1. The minimum absolute atomic E-state index is 0.243. The molecule has 4 heteroatoms. The van der Waals surface area contributed by atoms with Gasteiger partial charge in [-0.05, 0) is 48.4 Å². The third kappa shape index (κ3) is 2.89. The Labute approximate surface area is 117 Å². The zero-order chi connectivity index (χ0) is 13.1. The Kier molecular flexibility index (Phi) is 3.99. The molecule has 1 aromatic heterocycles. The first-order valence-corrected chi connectivity index (χ1v) is 7.12. The molecular formula is C14H16N2S2. The van der Waals surface area contributed by atoms with E-state index >= 15 is 0 Å². The Hall–Kier alpha value is -1.39. The van der Waals surface area contributed by atoms with Crippen LogP contribution in [0, 0.1) is 6.92 Å². The quantitative estimate of drug-likeness (QED) is 0.833. The van der Waals surface area contributed by atoms with Crippen molar-refractivity contribution in [3.05, 3.63) is 51.7 Å². The molecule has 1 heterocycles. The summed E-state index contributed by atoms with van der Waals surface area (Å²) in [5.74, 6) is 0. The van der Waals surface area contributed by atoms with Crippen LogP contribution in [0.3, 0.4) is 0 Å². The number of nitrogens with one attached hydrogen (secondary N) is 1. The molecule has 0 fully saturated rings.